The van der Waals surface area contributed by atoms with Gasteiger partial charge in [0, 0.05) is 28.2 Å². The minimum atomic E-state index is -1.10. The molecule has 2 aromatic carbocycles. The molecule has 0 amide bonds. The first-order valence-corrected chi connectivity index (χ1v) is 10.8. The van der Waals surface area contributed by atoms with Crippen molar-refractivity contribution in [3.05, 3.63) is 82.7 Å². The zero-order valence-electron chi connectivity index (χ0n) is 18.3. The highest BCUT2D eigenvalue weighted by Gasteiger charge is 2.18. The van der Waals surface area contributed by atoms with Gasteiger partial charge < -0.3 is 34.0 Å². The largest absolute Gasteiger partial charge is 0.489 e. The Morgan fingerprint density at radius 2 is 2.06 bits per heavy atom. The summed E-state index contributed by atoms with van der Waals surface area (Å²) in [7, 11) is 0. The van der Waals surface area contributed by atoms with Gasteiger partial charge in [-0.25, -0.2) is 9.18 Å². The van der Waals surface area contributed by atoms with Gasteiger partial charge in [0.1, 0.15) is 29.7 Å². The molecule has 3 heterocycles. The van der Waals surface area contributed by atoms with Crippen LogP contribution < -0.4 is 15.2 Å². The molecule has 1 aliphatic heterocycles. The van der Waals surface area contributed by atoms with Crippen molar-refractivity contribution in [3.8, 4) is 11.5 Å². The van der Waals surface area contributed by atoms with E-state index in [-0.39, 0.29) is 25.0 Å². The Hall–Kier alpha value is -3.82. The predicted octanol–water partition coefficient (Wildman–Crippen LogP) is 4.07. The molecule has 8 nitrogen and oxygen atoms in total. The summed E-state index contributed by atoms with van der Waals surface area (Å²) in [6.45, 7) is 1.41. The first kappa shape index (κ1) is 22.0. The van der Waals surface area contributed by atoms with Gasteiger partial charge in [-0.05, 0) is 61.0 Å². The lowest BCUT2D eigenvalue weighted by Crippen LogP contribution is -2.14. The number of furan rings is 1. The van der Waals surface area contributed by atoms with E-state index in [2.05, 4.69) is 0 Å². The topological polar surface area (TPSA) is 109 Å². The molecule has 0 bridgehead atoms. The summed E-state index contributed by atoms with van der Waals surface area (Å²) >= 11 is 0. The van der Waals surface area contributed by atoms with E-state index < -0.39 is 5.97 Å². The van der Waals surface area contributed by atoms with E-state index >= 15 is 0 Å². The number of halogens is 1. The smallest absolute Gasteiger partial charge is 0.371 e. The van der Waals surface area contributed by atoms with Gasteiger partial charge >= 0.3 is 5.97 Å². The number of ether oxygens (including phenoxy) is 3. The van der Waals surface area contributed by atoms with Gasteiger partial charge in [0.15, 0.2) is 6.79 Å². The quantitative estimate of drug-likeness (QED) is 0.403. The first-order valence-electron chi connectivity index (χ1n) is 10.8. The number of carbonyl (C=O) groups is 1. The Morgan fingerprint density at radius 3 is 2.85 bits per heavy atom. The summed E-state index contributed by atoms with van der Waals surface area (Å²) in [5.74, 6) is 0.190. The number of hydrogen-bond donors (Lipinski definition) is 2. The van der Waals surface area contributed by atoms with E-state index in [1.54, 1.807) is 6.07 Å². The van der Waals surface area contributed by atoms with Gasteiger partial charge in [0.05, 0.1) is 13.2 Å². The molecule has 0 saturated heterocycles. The number of hydrogen-bond acceptors (Lipinski definition) is 6. The molecule has 5 rings (SSSR count). The van der Waals surface area contributed by atoms with E-state index in [9.17, 15) is 9.18 Å². The van der Waals surface area contributed by atoms with Crippen LogP contribution in [-0.4, -0.2) is 29.0 Å². The molecule has 0 aliphatic carbocycles. The Morgan fingerprint density at radius 1 is 1.18 bits per heavy atom. The van der Waals surface area contributed by atoms with E-state index in [0.29, 0.717) is 54.5 Å². The molecule has 0 spiro atoms. The van der Waals surface area contributed by atoms with Crippen LogP contribution in [0.2, 0.25) is 0 Å². The van der Waals surface area contributed by atoms with Crippen molar-refractivity contribution in [1.82, 2.24) is 4.57 Å². The van der Waals surface area contributed by atoms with Gasteiger partial charge in [0.2, 0.25) is 5.76 Å². The van der Waals surface area contributed by atoms with Crippen molar-refractivity contribution in [2.75, 3.05) is 13.3 Å². The van der Waals surface area contributed by atoms with Crippen molar-refractivity contribution in [2.24, 2.45) is 5.73 Å². The number of aromatic nitrogens is 1. The van der Waals surface area contributed by atoms with Crippen molar-refractivity contribution >= 4 is 16.9 Å². The molecule has 0 radical (unpaired) electrons. The van der Waals surface area contributed by atoms with Crippen LogP contribution >= 0.6 is 0 Å². The SMILES string of the molecule is NCCc1cn(Cc2ccc(C(=O)O)o2)c2ccc(OCc3cc(F)cc4c3OCOC4)cc12. The van der Waals surface area contributed by atoms with Crippen LogP contribution in [0, 0.1) is 5.82 Å². The molecule has 34 heavy (non-hydrogen) atoms. The summed E-state index contributed by atoms with van der Waals surface area (Å²) in [4.78, 5) is 11.1. The molecule has 3 N–H and O–H groups in total. The highest BCUT2D eigenvalue weighted by Crippen LogP contribution is 2.32. The Bertz CT molecular complexity index is 1360. The van der Waals surface area contributed by atoms with Crippen molar-refractivity contribution < 1.29 is 32.9 Å². The predicted molar refractivity (Wildman–Crippen MR) is 120 cm³/mol. The highest BCUT2D eigenvalue weighted by atomic mass is 19.1. The van der Waals surface area contributed by atoms with Gasteiger partial charge in [0.25, 0.3) is 0 Å². The maximum atomic E-state index is 14.0. The van der Waals surface area contributed by atoms with E-state index in [0.717, 1.165) is 16.5 Å². The molecular formula is C25H23FN2O6. The molecule has 1 aliphatic rings. The second-order valence-corrected chi connectivity index (χ2v) is 8.02. The molecule has 0 fully saturated rings. The maximum Gasteiger partial charge on any atom is 0.371 e. The van der Waals surface area contributed by atoms with Crippen LogP contribution in [0.3, 0.4) is 0 Å². The van der Waals surface area contributed by atoms with Crippen LogP contribution in [-0.2, 0) is 30.9 Å². The number of fused-ring (bicyclic) bond motifs is 2. The Kier molecular flexibility index (Phi) is 5.95. The van der Waals surface area contributed by atoms with E-state index in [1.165, 1.54) is 18.2 Å². The van der Waals surface area contributed by atoms with Gasteiger partial charge in [-0.1, -0.05) is 0 Å². The number of carboxylic acid groups (broad SMARTS) is 1. The standard InChI is InChI=1S/C25H23FN2O6/c26-18-7-16-12-31-14-33-24(16)17(8-18)13-32-19-1-3-22-21(9-19)15(5-6-27)10-28(22)11-20-2-4-23(34-20)25(29)30/h1-4,7-10H,5-6,11-14,27H2,(H,29,30). The zero-order valence-corrected chi connectivity index (χ0v) is 18.3. The van der Waals surface area contributed by atoms with Crippen molar-refractivity contribution in [3.63, 3.8) is 0 Å². The second-order valence-electron chi connectivity index (χ2n) is 8.02. The van der Waals surface area contributed by atoms with E-state index in [1.807, 2.05) is 29.0 Å². The van der Waals surface area contributed by atoms with Crippen LogP contribution in [0.25, 0.3) is 10.9 Å². The number of rotatable bonds is 8. The average molecular weight is 466 g/mol. The summed E-state index contributed by atoms with van der Waals surface area (Å²) in [5.41, 5.74) is 9.07. The lowest BCUT2D eigenvalue weighted by atomic mass is 10.1. The lowest BCUT2D eigenvalue weighted by Gasteiger charge is -2.21. The highest BCUT2D eigenvalue weighted by molar-refractivity contribution is 5.86. The van der Waals surface area contributed by atoms with E-state index in [4.69, 9.17) is 29.5 Å². The number of carboxylic acids is 1. The number of aromatic carboxylic acids is 1. The minimum Gasteiger partial charge on any atom is -0.489 e. The molecular weight excluding hydrogens is 443 g/mol. The summed E-state index contributed by atoms with van der Waals surface area (Å²) in [6.07, 6.45) is 2.65. The van der Waals surface area contributed by atoms with Crippen LogP contribution in [0.5, 0.6) is 11.5 Å². The number of nitrogens with two attached hydrogens (primary N) is 1. The molecule has 0 saturated carbocycles. The number of nitrogens with zero attached hydrogens (tertiary/aromatic N) is 1. The zero-order chi connectivity index (χ0) is 23.7. The fraction of sp³-hybridized carbons (Fsp3) is 0.240. The second kappa shape index (κ2) is 9.20. The van der Waals surface area contributed by atoms with Crippen molar-refractivity contribution in [1.29, 1.82) is 0 Å². The number of benzene rings is 2. The third kappa shape index (κ3) is 4.35. The van der Waals surface area contributed by atoms with Gasteiger partial charge in [-0.3, -0.25) is 0 Å². The lowest BCUT2D eigenvalue weighted by molar-refractivity contribution is -0.0178. The molecule has 4 aromatic rings. The third-order valence-electron chi connectivity index (χ3n) is 5.69. The first-order chi connectivity index (χ1) is 16.5. The fourth-order valence-corrected chi connectivity index (χ4v) is 4.20. The monoisotopic (exact) mass is 466 g/mol. The Balaban J connectivity index is 1.41. The third-order valence-corrected chi connectivity index (χ3v) is 5.69. The van der Waals surface area contributed by atoms with Crippen molar-refractivity contribution in [2.45, 2.75) is 26.2 Å². The fourth-order valence-electron chi connectivity index (χ4n) is 4.20. The Labute approximate surface area is 194 Å². The van der Waals surface area contributed by atoms with Crippen LogP contribution in [0.4, 0.5) is 4.39 Å². The minimum absolute atomic E-state index is 0.0978. The maximum absolute atomic E-state index is 14.0. The van der Waals surface area contributed by atoms with Gasteiger partial charge in [-0.2, -0.15) is 0 Å². The molecule has 9 heteroatoms. The van der Waals surface area contributed by atoms with Crippen LogP contribution in [0.1, 0.15) is 33.0 Å². The normalized spacial score (nSPS) is 13.0. The van der Waals surface area contributed by atoms with Crippen LogP contribution in [0.15, 0.2) is 53.1 Å². The summed E-state index contributed by atoms with van der Waals surface area (Å²) in [5, 5.41) is 10.1. The average Bonchev–Trinajstić information content (AvgIpc) is 3.43. The molecule has 2 aromatic heterocycles. The van der Waals surface area contributed by atoms with Gasteiger partial charge in [-0.15, -0.1) is 0 Å². The molecule has 176 valence electrons. The molecule has 0 unspecified atom stereocenters. The summed E-state index contributed by atoms with van der Waals surface area (Å²) < 4.78 is 38.2. The summed E-state index contributed by atoms with van der Waals surface area (Å²) in [6, 6.07) is 11.6. The molecule has 0 atom stereocenters.